The van der Waals surface area contributed by atoms with Gasteiger partial charge in [-0.1, -0.05) is 5.16 Å². The molecular formula is C8H6N2O2. The van der Waals surface area contributed by atoms with Gasteiger partial charge in [-0.25, -0.2) is 0 Å². The zero-order chi connectivity index (χ0) is 8.39. The van der Waals surface area contributed by atoms with Gasteiger partial charge in [-0.05, 0) is 6.07 Å². The van der Waals surface area contributed by atoms with Gasteiger partial charge in [0.2, 0.25) is 0 Å². The highest BCUT2D eigenvalue weighted by atomic mass is 16.5. The van der Waals surface area contributed by atoms with E-state index in [0.717, 1.165) is 0 Å². The average molecular weight is 162 g/mol. The van der Waals surface area contributed by atoms with Gasteiger partial charge >= 0.3 is 0 Å². The quantitative estimate of drug-likeness (QED) is 0.689. The first-order valence-electron chi connectivity index (χ1n) is 3.41. The predicted molar refractivity (Wildman–Crippen MR) is 41.4 cm³/mol. The third kappa shape index (κ3) is 1.14. The van der Waals surface area contributed by atoms with Gasteiger partial charge in [0.05, 0.1) is 12.4 Å². The molecule has 0 saturated carbocycles. The van der Waals surface area contributed by atoms with E-state index in [4.69, 9.17) is 9.63 Å². The second kappa shape index (κ2) is 2.65. The standard InChI is InChI=1S/C8H6N2O2/c11-7-3-6(4-9-5-7)8-1-2-10-12-8/h1-5,11H. The maximum atomic E-state index is 9.09. The maximum Gasteiger partial charge on any atom is 0.168 e. The Morgan fingerprint density at radius 2 is 2.25 bits per heavy atom. The van der Waals surface area contributed by atoms with Crippen LogP contribution in [0.3, 0.4) is 0 Å². The number of hydrogen-bond acceptors (Lipinski definition) is 4. The average Bonchev–Trinajstić information content (AvgIpc) is 2.56. The second-order valence-electron chi connectivity index (χ2n) is 2.31. The van der Waals surface area contributed by atoms with Crippen molar-refractivity contribution in [3.8, 4) is 17.1 Å². The molecular weight excluding hydrogens is 156 g/mol. The van der Waals surface area contributed by atoms with Crippen molar-refractivity contribution >= 4 is 0 Å². The number of rotatable bonds is 1. The Labute approximate surface area is 68.5 Å². The van der Waals surface area contributed by atoms with E-state index in [-0.39, 0.29) is 5.75 Å². The summed E-state index contributed by atoms with van der Waals surface area (Å²) in [5.74, 6) is 0.710. The molecule has 2 rings (SSSR count). The van der Waals surface area contributed by atoms with Crippen LogP contribution in [0.25, 0.3) is 11.3 Å². The van der Waals surface area contributed by atoms with Crippen LogP contribution in [0.15, 0.2) is 35.2 Å². The first-order chi connectivity index (χ1) is 5.86. The number of nitrogens with zero attached hydrogens (tertiary/aromatic N) is 2. The van der Waals surface area contributed by atoms with E-state index in [1.54, 1.807) is 24.5 Å². The van der Waals surface area contributed by atoms with Gasteiger partial charge < -0.3 is 9.63 Å². The summed E-state index contributed by atoms with van der Waals surface area (Å²) in [5.41, 5.74) is 0.715. The van der Waals surface area contributed by atoms with Crippen molar-refractivity contribution in [3.05, 3.63) is 30.7 Å². The molecule has 2 heterocycles. The molecule has 0 amide bonds. The first kappa shape index (κ1) is 6.84. The smallest absolute Gasteiger partial charge is 0.168 e. The van der Waals surface area contributed by atoms with Gasteiger partial charge in [0.1, 0.15) is 5.75 Å². The third-order valence-electron chi connectivity index (χ3n) is 1.45. The van der Waals surface area contributed by atoms with Crippen LogP contribution in [-0.2, 0) is 0 Å². The molecule has 0 aliphatic rings. The van der Waals surface area contributed by atoms with E-state index in [2.05, 4.69) is 10.1 Å². The third-order valence-corrected chi connectivity index (χ3v) is 1.45. The van der Waals surface area contributed by atoms with Crippen molar-refractivity contribution in [1.29, 1.82) is 0 Å². The summed E-state index contributed by atoms with van der Waals surface area (Å²) >= 11 is 0. The van der Waals surface area contributed by atoms with Crippen molar-refractivity contribution in [2.45, 2.75) is 0 Å². The molecule has 2 aromatic heterocycles. The maximum absolute atomic E-state index is 9.09. The van der Waals surface area contributed by atoms with E-state index >= 15 is 0 Å². The van der Waals surface area contributed by atoms with Crippen LogP contribution in [0.4, 0.5) is 0 Å². The van der Waals surface area contributed by atoms with E-state index in [1.807, 2.05) is 0 Å². The highest BCUT2D eigenvalue weighted by Gasteiger charge is 2.01. The van der Waals surface area contributed by atoms with Gasteiger partial charge in [0.15, 0.2) is 5.76 Å². The second-order valence-corrected chi connectivity index (χ2v) is 2.31. The molecule has 4 heteroatoms. The van der Waals surface area contributed by atoms with Crippen LogP contribution in [0.1, 0.15) is 0 Å². The van der Waals surface area contributed by atoms with Gasteiger partial charge in [0, 0.05) is 17.8 Å². The summed E-state index contributed by atoms with van der Waals surface area (Å²) in [5, 5.41) is 12.6. The van der Waals surface area contributed by atoms with Gasteiger partial charge in [0.25, 0.3) is 0 Å². The van der Waals surface area contributed by atoms with E-state index in [0.29, 0.717) is 11.3 Å². The Kier molecular flexibility index (Phi) is 1.51. The Bertz CT molecular complexity index is 370. The van der Waals surface area contributed by atoms with E-state index in [1.165, 1.54) is 6.20 Å². The molecule has 1 N–H and O–H groups in total. The normalized spacial score (nSPS) is 10.0. The van der Waals surface area contributed by atoms with Crippen LogP contribution < -0.4 is 0 Å². The number of aromatic nitrogens is 2. The molecule has 60 valence electrons. The lowest BCUT2D eigenvalue weighted by Crippen LogP contribution is -1.76. The highest BCUT2D eigenvalue weighted by Crippen LogP contribution is 2.20. The van der Waals surface area contributed by atoms with Crippen molar-refractivity contribution in [3.63, 3.8) is 0 Å². The van der Waals surface area contributed by atoms with Crippen LogP contribution in [0.5, 0.6) is 5.75 Å². The van der Waals surface area contributed by atoms with Crippen molar-refractivity contribution in [1.82, 2.24) is 10.1 Å². The van der Waals surface area contributed by atoms with Crippen molar-refractivity contribution in [2.24, 2.45) is 0 Å². The Hall–Kier alpha value is -1.84. The molecule has 0 unspecified atom stereocenters. The highest BCUT2D eigenvalue weighted by molar-refractivity contribution is 5.56. The van der Waals surface area contributed by atoms with Crippen LogP contribution in [-0.4, -0.2) is 15.2 Å². The molecule has 0 fully saturated rings. The van der Waals surface area contributed by atoms with Crippen molar-refractivity contribution in [2.75, 3.05) is 0 Å². The molecule has 2 aromatic rings. The molecule has 12 heavy (non-hydrogen) atoms. The first-order valence-corrected chi connectivity index (χ1v) is 3.41. The topological polar surface area (TPSA) is 59.2 Å². The Morgan fingerprint density at radius 1 is 1.33 bits per heavy atom. The van der Waals surface area contributed by atoms with Crippen LogP contribution in [0, 0.1) is 0 Å². The van der Waals surface area contributed by atoms with Crippen LogP contribution in [0.2, 0.25) is 0 Å². The minimum absolute atomic E-state index is 0.115. The summed E-state index contributed by atoms with van der Waals surface area (Å²) in [4.78, 5) is 3.80. The molecule has 0 aliphatic carbocycles. The summed E-state index contributed by atoms with van der Waals surface area (Å²) in [6, 6.07) is 3.27. The fraction of sp³-hybridized carbons (Fsp3) is 0. The molecule has 0 spiro atoms. The summed E-state index contributed by atoms with van der Waals surface area (Å²) < 4.78 is 4.87. The van der Waals surface area contributed by atoms with Gasteiger partial charge in [-0.15, -0.1) is 0 Å². The minimum Gasteiger partial charge on any atom is -0.506 e. The SMILES string of the molecule is Oc1cncc(-c2ccno2)c1. The Morgan fingerprint density at radius 3 is 2.92 bits per heavy atom. The minimum atomic E-state index is 0.115. The summed E-state index contributed by atoms with van der Waals surface area (Å²) in [7, 11) is 0. The van der Waals surface area contributed by atoms with Gasteiger partial charge in [-0.2, -0.15) is 0 Å². The predicted octanol–water partition coefficient (Wildman–Crippen LogP) is 1.44. The lowest BCUT2D eigenvalue weighted by Gasteiger charge is -1.94. The molecule has 0 atom stereocenters. The zero-order valence-electron chi connectivity index (χ0n) is 6.14. The molecule has 0 radical (unpaired) electrons. The molecule has 0 aliphatic heterocycles. The summed E-state index contributed by atoms with van der Waals surface area (Å²) in [6.45, 7) is 0. The lowest BCUT2D eigenvalue weighted by molar-refractivity contribution is 0.431. The lowest BCUT2D eigenvalue weighted by atomic mass is 10.2. The number of pyridine rings is 1. The Balaban J connectivity index is 2.48. The number of aromatic hydroxyl groups is 1. The van der Waals surface area contributed by atoms with Crippen LogP contribution >= 0.6 is 0 Å². The summed E-state index contributed by atoms with van der Waals surface area (Å²) in [6.07, 6.45) is 4.50. The molecule has 0 bridgehead atoms. The zero-order valence-corrected chi connectivity index (χ0v) is 6.14. The fourth-order valence-electron chi connectivity index (χ4n) is 0.927. The van der Waals surface area contributed by atoms with Gasteiger partial charge in [-0.3, -0.25) is 4.98 Å². The van der Waals surface area contributed by atoms with Crippen molar-refractivity contribution < 1.29 is 9.63 Å². The molecule has 0 aromatic carbocycles. The molecule has 4 nitrogen and oxygen atoms in total. The molecule has 0 saturated heterocycles. The van der Waals surface area contributed by atoms with E-state index < -0.39 is 0 Å². The van der Waals surface area contributed by atoms with E-state index in [9.17, 15) is 0 Å². The monoisotopic (exact) mass is 162 g/mol. The fourth-order valence-corrected chi connectivity index (χ4v) is 0.927. The number of hydrogen-bond donors (Lipinski definition) is 1. The largest absolute Gasteiger partial charge is 0.506 e.